The molecule has 4 rings (SSSR count). The minimum absolute atomic E-state index is 0.0161. The first-order valence-electron chi connectivity index (χ1n) is 9.17. The van der Waals surface area contributed by atoms with Crippen LogP contribution < -0.4 is 0 Å². The minimum atomic E-state index is -0.303. The SMILES string of the molecule is O=C(c1ccc(-c2ccc(F)cc2)s1)N1CCN(C(=O)C2CCCO2)CC1. The molecule has 3 heterocycles. The molecule has 27 heavy (non-hydrogen) atoms. The van der Waals surface area contributed by atoms with E-state index in [9.17, 15) is 14.0 Å². The summed E-state index contributed by atoms with van der Waals surface area (Å²) in [6.45, 7) is 2.80. The highest BCUT2D eigenvalue weighted by molar-refractivity contribution is 7.17. The molecule has 0 spiro atoms. The normalized spacial score (nSPS) is 20.1. The number of piperazine rings is 1. The number of amides is 2. The van der Waals surface area contributed by atoms with E-state index < -0.39 is 0 Å². The van der Waals surface area contributed by atoms with E-state index >= 15 is 0 Å². The van der Waals surface area contributed by atoms with Crippen molar-refractivity contribution in [1.82, 2.24) is 9.80 Å². The number of halogens is 1. The van der Waals surface area contributed by atoms with E-state index in [4.69, 9.17) is 4.74 Å². The maximum atomic E-state index is 13.1. The summed E-state index contributed by atoms with van der Waals surface area (Å²) in [4.78, 5) is 30.4. The van der Waals surface area contributed by atoms with Crippen molar-refractivity contribution in [3.63, 3.8) is 0 Å². The summed E-state index contributed by atoms with van der Waals surface area (Å²) in [7, 11) is 0. The van der Waals surface area contributed by atoms with Gasteiger partial charge in [0.05, 0.1) is 4.88 Å². The number of rotatable bonds is 3. The highest BCUT2D eigenvalue weighted by Crippen LogP contribution is 2.29. The second kappa shape index (κ2) is 7.78. The van der Waals surface area contributed by atoms with Gasteiger partial charge >= 0.3 is 0 Å². The highest BCUT2D eigenvalue weighted by atomic mass is 32.1. The Kier molecular flexibility index (Phi) is 5.22. The van der Waals surface area contributed by atoms with E-state index in [1.54, 1.807) is 21.9 Å². The van der Waals surface area contributed by atoms with Crippen molar-refractivity contribution in [3.8, 4) is 10.4 Å². The molecule has 2 fully saturated rings. The molecule has 5 nitrogen and oxygen atoms in total. The van der Waals surface area contributed by atoms with Crippen LogP contribution in [0.4, 0.5) is 4.39 Å². The first-order chi connectivity index (χ1) is 13.1. The molecule has 2 aliphatic rings. The Labute approximate surface area is 161 Å². The topological polar surface area (TPSA) is 49.9 Å². The van der Waals surface area contributed by atoms with E-state index in [0.717, 1.165) is 23.3 Å². The van der Waals surface area contributed by atoms with Crippen LogP contribution >= 0.6 is 11.3 Å². The van der Waals surface area contributed by atoms with Crippen LogP contribution in [0.1, 0.15) is 22.5 Å². The molecule has 0 saturated carbocycles. The summed E-state index contributed by atoms with van der Waals surface area (Å²) in [5.74, 6) is -0.242. The van der Waals surface area contributed by atoms with E-state index in [2.05, 4.69) is 0 Å². The Morgan fingerprint density at radius 3 is 2.37 bits per heavy atom. The van der Waals surface area contributed by atoms with E-state index in [0.29, 0.717) is 37.7 Å². The molecule has 1 aromatic heterocycles. The largest absolute Gasteiger partial charge is 0.368 e. The monoisotopic (exact) mass is 388 g/mol. The number of ether oxygens (including phenoxy) is 1. The zero-order chi connectivity index (χ0) is 18.8. The smallest absolute Gasteiger partial charge is 0.264 e. The fourth-order valence-electron chi connectivity index (χ4n) is 3.48. The Balaban J connectivity index is 1.37. The number of hydrogen-bond acceptors (Lipinski definition) is 4. The number of carbonyl (C=O) groups is 2. The van der Waals surface area contributed by atoms with Gasteiger partial charge in [0.2, 0.25) is 0 Å². The van der Waals surface area contributed by atoms with Gasteiger partial charge in [-0.1, -0.05) is 12.1 Å². The van der Waals surface area contributed by atoms with E-state index in [-0.39, 0.29) is 23.7 Å². The average molecular weight is 388 g/mol. The lowest BCUT2D eigenvalue weighted by molar-refractivity contribution is -0.142. The van der Waals surface area contributed by atoms with Crippen LogP contribution in [0, 0.1) is 5.82 Å². The van der Waals surface area contributed by atoms with Crippen molar-refractivity contribution in [2.75, 3.05) is 32.8 Å². The molecule has 142 valence electrons. The summed E-state index contributed by atoms with van der Waals surface area (Å²) < 4.78 is 18.5. The molecule has 7 heteroatoms. The van der Waals surface area contributed by atoms with Crippen LogP contribution in [0.2, 0.25) is 0 Å². The molecule has 2 amide bonds. The highest BCUT2D eigenvalue weighted by Gasteiger charge is 2.31. The summed E-state index contributed by atoms with van der Waals surface area (Å²) in [5, 5.41) is 0. The fraction of sp³-hybridized carbons (Fsp3) is 0.400. The third-order valence-corrected chi connectivity index (χ3v) is 6.15. The Morgan fingerprint density at radius 2 is 1.70 bits per heavy atom. The Hall–Kier alpha value is -2.25. The average Bonchev–Trinajstić information content (AvgIpc) is 3.40. The van der Waals surface area contributed by atoms with Gasteiger partial charge in [0.15, 0.2) is 0 Å². The maximum absolute atomic E-state index is 13.1. The number of nitrogens with zero attached hydrogens (tertiary/aromatic N) is 2. The van der Waals surface area contributed by atoms with Crippen LogP contribution in [0.15, 0.2) is 36.4 Å². The molecule has 2 aliphatic heterocycles. The Morgan fingerprint density at radius 1 is 1.00 bits per heavy atom. The molecular weight excluding hydrogens is 367 g/mol. The van der Waals surface area contributed by atoms with Gasteiger partial charge in [0, 0.05) is 37.7 Å². The summed E-state index contributed by atoms with van der Waals surface area (Å²) >= 11 is 1.41. The van der Waals surface area contributed by atoms with Gasteiger partial charge in [0.25, 0.3) is 11.8 Å². The number of carbonyl (C=O) groups excluding carboxylic acids is 2. The van der Waals surface area contributed by atoms with Crippen LogP contribution in [-0.2, 0) is 9.53 Å². The van der Waals surface area contributed by atoms with Gasteiger partial charge in [-0.2, -0.15) is 0 Å². The fourth-order valence-corrected chi connectivity index (χ4v) is 4.46. The molecule has 0 radical (unpaired) electrons. The molecule has 0 bridgehead atoms. The summed E-state index contributed by atoms with van der Waals surface area (Å²) in [5.41, 5.74) is 0.896. The van der Waals surface area contributed by atoms with Crippen molar-refractivity contribution >= 4 is 23.2 Å². The molecule has 0 N–H and O–H groups in total. The molecule has 1 atom stereocenters. The summed E-state index contributed by atoms with van der Waals surface area (Å²) in [6, 6.07) is 9.97. The molecule has 2 saturated heterocycles. The number of hydrogen-bond donors (Lipinski definition) is 0. The second-order valence-electron chi connectivity index (χ2n) is 6.79. The van der Waals surface area contributed by atoms with Crippen molar-refractivity contribution in [2.45, 2.75) is 18.9 Å². The van der Waals surface area contributed by atoms with Crippen LogP contribution in [0.5, 0.6) is 0 Å². The lowest BCUT2D eigenvalue weighted by atomic mass is 10.2. The molecule has 1 unspecified atom stereocenters. The first-order valence-corrected chi connectivity index (χ1v) is 9.99. The standard InChI is InChI=1S/C20H21FN2O3S/c21-15-5-3-14(4-6-15)17-7-8-18(27-17)20(25)23-11-9-22(10-12-23)19(24)16-2-1-13-26-16/h3-8,16H,1-2,9-13H2. The van der Waals surface area contributed by atoms with Gasteiger partial charge < -0.3 is 14.5 Å². The van der Waals surface area contributed by atoms with Crippen molar-refractivity contribution in [3.05, 3.63) is 47.1 Å². The molecular formula is C20H21FN2O3S. The lowest BCUT2D eigenvalue weighted by Gasteiger charge is -2.35. The van der Waals surface area contributed by atoms with Crippen molar-refractivity contribution in [1.29, 1.82) is 0 Å². The van der Waals surface area contributed by atoms with Gasteiger partial charge in [-0.3, -0.25) is 9.59 Å². The maximum Gasteiger partial charge on any atom is 0.264 e. The predicted octanol–water partition coefficient (Wildman–Crippen LogP) is 3.02. The molecule has 1 aromatic carbocycles. The van der Waals surface area contributed by atoms with E-state index in [1.165, 1.54) is 23.5 Å². The molecule has 0 aliphatic carbocycles. The number of benzene rings is 1. The zero-order valence-electron chi connectivity index (χ0n) is 14.9. The van der Waals surface area contributed by atoms with Crippen LogP contribution in [0.3, 0.4) is 0 Å². The van der Waals surface area contributed by atoms with Gasteiger partial charge in [-0.15, -0.1) is 11.3 Å². The second-order valence-corrected chi connectivity index (χ2v) is 7.87. The van der Waals surface area contributed by atoms with Crippen molar-refractivity contribution < 1.29 is 18.7 Å². The van der Waals surface area contributed by atoms with Crippen LogP contribution in [-0.4, -0.2) is 60.5 Å². The zero-order valence-corrected chi connectivity index (χ0v) is 15.7. The predicted molar refractivity (Wildman–Crippen MR) is 101 cm³/mol. The third kappa shape index (κ3) is 3.89. The minimum Gasteiger partial charge on any atom is -0.368 e. The number of thiophene rings is 1. The van der Waals surface area contributed by atoms with Crippen LogP contribution in [0.25, 0.3) is 10.4 Å². The van der Waals surface area contributed by atoms with Gasteiger partial charge in [-0.05, 0) is 42.7 Å². The first kappa shape index (κ1) is 18.1. The Bertz CT molecular complexity index is 822. The van der Waals surface area contributed by atoms with Crippen molar-refractivity contribution in [2.24, 2.45) is 0 Å². The lowest BCUT2D eigenvalue weighted by Crippen LogP contribution is -2.52. The summed E-state index contributed by atoms with van der Waals surface area (Å²) in [6.07, 6.45) is 1.42. The van der Waals surface area contributed by atoms with Gasteiger partial charge in [-0.25, -0.2) is 4.39 Å². The third-order valence-electron chi connectivity index (χ3n) is 5.03. The molecule has 2 aromatic rings. The van der Waals surface area contributed by atoms with Gasteiger partial charge in [0.1, 0.15) is 11.9 Å². The quantitative estimate of drug-likeness (QED) is 0.812. The van der Waals surface area contributed by atoms with E-state index in [1.807, 2.05) is 12.1 Å².